The topological polar surface area (TPSA) is 88.5 Å². The third-order valence-corrected chi connectivity index (χ3v) is 3.59. The molecule has 3 aromatic rings. The van der Waals surface area contributed by atoms with Crippen LogP contribution in [0.5, 0.6) is 0 Å². The Kier molecular flexibility index (Phi) is 3.86. The number of nitrogens with zero attached hydrogens (tertiary/aromatic N) is 4. The Morgan fingerprint density at radius 2 is 2.23 bits per heavy atom. The Morgan fingerprint density at radius 3 is 3.05 bits per heavy atom. The summed E-state index contributed by atoms with van der Waals surface area (Å²) >= 11 is 0. The second-order valence-corrected chi connectivity index (χ2v) is 5.27. The van der Waals surface area contributed by atoms with E-state index in [9.17, 15) is 4.79 Å². The van der Waals surface area contributed by atoms with E-state index < -0.39 is 0 Å². The first-order valence-electron chi connectivity index (χ1n) is 7.31. The van der Waals surface area contributed by atoms with E-state index in [4.69, 9.17) is 0 Å². The minimum atomic E-state index is -0.114. The molecule has 0 fully saturated rings. The van der Waals surface area contributed by atoms with E-state index in [1.165, 1.54) is 4.80 Å². The number of aromatic amines is 1. The van der Waals surface area contributed by atoms with Crippen molar-refractivity contribution in [1.29, 1.82) is 0 Å². The Labute approximate surface area is 127 Å². The van der Waals surface area contributed by atoms with Gasteiger partial charge in [-0.25, -0.2) is 0 Å². The highest BCUT2D eigenvalue weighted by molar-refractivity contribution is 5.93. The van der Waals surface area contributed by atoms with Crippen LogP contribution >= 0.6 is 0 Å². The number of rotatable bonds is 5. The summed E-state index contributed by atoms with van der Waals surface area (Å²) in [6.07, 6.45) is 2.74. The number of carbonyl (C=O) groups excluding carboxylic acids is 1. The van der Waals surface area contributed by atoms with Crippen LogP contribution in [0.15, 0.2) is 30.5 Å². The molecule has 0 saturated carbocycles. The first-order chi connectivity index (χ1) is 10.7. The molecular formula is C15H18N6O. The van der Waals surface area contributed by atoms with Gasteiger partial charge in [-0.1, -0.05) is 25.1 Å². The zero-order valence-electron chi connectivity index (χ0n) is 12.6. The van der Waals surface area contributed by atoms with Crippen LogP contribution in [0, 0.1) is 0 Å². The van der Waals surface area contributed by atoms with Crippen molar-refractivity contribution < 1.29 is 4.79 Å². The van der Waals surface area contributed by atoms with Crippen molar-refractivity contribution in [2.24, 2.45) is 0 Å². The molecule has 0 bridgehead atoms. The fourth-order valence-corrected chi connectivity index (χ4v) is 2.23. The lowest BCUT2D eigenvalue weighted by Gasteiger charge is -2.10. The van der Waals surface area contributed by atoms with E-state index in [-0.39, 0.29) is 18.5 Å². The maximum absolute atomic E-state index is 11.8. The van der Waals surface area contributed by atoms with E-state index in [2.05, 4.69) is 25.7 Å². The fourth-order valence-electron chi connectivity index (χ4n) is 2.23. The summed E-state index contributed by atoms with van der Waals surface area (Å²) < 4.78 is 0. The normalized spacial score (nSPS) is 12.5. The van der Waals surface area contributed by atoms with Gasteiger partial charge in [-0.3, -0.25) is 4.79 Å². The molecule has 0 spiro atoms. The van der Waals surface area contributed by atoms with Gasteiger partial charge in [0.05, 0.1) is 0 Å². The van der Waals surface area contributed by atoms with Crippen molar-refractivity contribution in [3.63, 3.8) is 0 Å². The molecule has 1 unspecified atom stereocenters. The number of nitrogens with one attached hydrogen (secondary N) is 2. The van der Waals surface area contributed by atoms with E-state index in [0.717, 1.165) is 22.9 Å². The van der Waals surface area contributed by atoms with Crippen molar-refractivity contribution in [2.45, 2.75) is 32.9 Å². The van der Waals surface area contributed by atoms with E-state index in [1.54, 1.807) is 0 Å². The van der Waals surface area contributed by atoms with Gasteiger partial charge < -0.3 is 10.3 Å². The number of para-hydroxylation sites is 1. The monoisotopic (exact) mass is 298 g/mol. The molecule has 0 saturated heterocycles. The maximum Gasteiger partial charge on any atom is 0.243 e. The molecule has 0 aliphatic rings. The van der Waals surface area contributed by atoms with Crippen molar-refractivity contribution in [2.75, 3.05) is 0 Å². The summed E-state index contributed by atoms with van der Waals surface area (Å²) in [6.45, 7) is 4.05. The summed E-state index contributed by atoms with van der Waals surface area (Å²) in [5.41, 5.74) is 1.90. The summed E-state index contributed by atoms with van der Waals surface area (Å²) in [4.78, 5) is 16.3. The summed E-state index contributed by atoms with van der Waals surface area (Å²) in [5.74, 6) is 0.394. The van der Waals surface area contributed by atoms with Gasteiger partial charge in [0.25, 0.3) is 0 Å². The van der Waals surface area contributed by atoms with Gasteiger partial charge in [0.1, 0.15) is 6.54 Å². The average Bonchev–Trinajstić information content (AvgIpc) is 3.13. The predicted molar refractivity (Wildman–Crippen MR) is 83.0 cm³/mol. The lowest BCUT2D eigenvalue weighted by atomic mass is 10.2. The van der Waals surface area contributed by atoms with Gasteiger partial charge in [-0.2, -0.15) is 4.80 Å². The van der Waals surface area contributed by atoms with Crippen LogP contribution in [-0.4, -0.2) is 37.1 Å². The number of aromatic nitrogens is 5. The molecule has 3 rings (SSSR count). The molecule has 2 heterocycles. The zero-order valence-corrected chi connectivity index (χ0v) is 12.6. The first kappa shape index (κ1) is 14.2. The van der Waals surface area contributed by atoms with Gasteiger partial charge in [0.2, 0.25) is 11.7 Å². The number of benzene rings is 1. The van der Waals surface area contributed by atoms with Crippen molar-refractivity contribution in [3.05, 3.63) is 30.5 Å². The van der Waals surface area contributed by atoms with Crippen molar-refractivity contribution in [1.82, 2.24) is 30.5 Å². The van der Waals surface area contributed by atoms with Crippen LogP contribution in [0.2, 0.25) is 0 Å². The number of carbonyl (C=O) groups is 1. The SMILES string of the molecule is CCC(C)NC(=O)Cn1nnc(-c2c[nH]c3ccccc23)n1. The smallest absolute Gasteiger partial charge is 0.243 e. The quantitative estimate of drug-likeness (QED) is 0.751. The van der Waals surface area contributed by atoms with Crippen LogP contribution in [0.25, 0.3) is 22.3 Å². The molecule has 1 amide bonds. The third kappa shape index (κ3) is 2.83. The number of tetrazole rings is 1. The lowest BCUT2D eigenvalue weighted by molar-refractivity contribution is -0.122. The number of hydrogen-bond donors (Lipinski definition) is 2. The molecular weight excluding hydrogens is 280 g/mol. The van der Waals surface area contributed by atoms with Gasteiger partial charge in [-0.15, -0.1) is 10.2 Å². The highest BCUT2D eigenvalue weighted by Crippen LogP contribution is 2.24. The summed E-state index contributed by atoms with van der Waals surface area (Å²) in [7, 11) is 0. The minimum absolute atomic E-state index is 0.0691. The standard InChI is InChI=1S/C15H18N6O/c1-3-10(2)17-14(22)9-21-19-15(18-20-21)12-8-16-13-7-5-4-6-11(12)13/h4-8,10,16H,3,9H2,1-2H3,(H,17,22). The first-order valence-corrected chi connectivity index (χ1v) is 7.31. The van der Waals surface area contributed by atoms with Gasteiger partial charge in [0, 0.05) is 28.7 Å². The van der Waals surface area contributed by atoms with Crippen LogP contribution < -0.4 is 5.32 Å². The highest BCUT2D eigenvalue weighted by Gasteiger charge is 2.13. The largest absolute Gasteiger partial charge is 0.360 e. The van der Waals surface area contributed by atoms with E-state index >= 15 is 0 Å². The highest BCUT2D eigenvalue weighted by atomic mass is 16.2. The minimum Gasteiger partial charge on any atom is -0.360 e. The molecule has 0 aliphatic carbocycles. The van der Waals surface area contributed by atoms with Crippen LogP contribution in [-0.2, 0) is 11.3 Å². The Balaban J connectivity index is 1.78. The lowest BCUT2D eigenvalue weighted by Crippen LogP contribution is -2.35. The molecule has 0 aliphatic heterocycles. The van der Waals surface area contributed by atoms with Crippen molar-refractivity contribution >= 4 is 16.8 Å². The van der Waals surface area contributed by atoms with Gasteiger partial charge >= 0.3 is 0 Å². The van der Waals surface area contributed by atoms with Crippen LogP contribution in [0.1, 0.15) is 20.3 Å². The van der Waals surface area contributed by atoms with Gasteiger partial charge in [-0.05, 0) is 24.6 Å². The van der Waals surface area contributed by atoms with Crippen molar-refractivity contribution in [3.8, 4) is 11.4 Å². The Bertz CT molecular complexity index is 790. The van der Waals surface area contributed by atoms with E-state index in [1.807, 2.05) is 44.3 Å². The zero-order chi connectivity index (χ0) is 15.5. The molecule has 1 atom stereocenters. The third-order valence-electron chi connectivity index (χ3n) is 3.59. The second kappa shape index (κ2) is 5.97. The van der Waals surface area contributed by atoms with E-state index in [0.29, 0.717) is 5.82 Å². The molecule has 7 nitrogen and oxygen atoms in total. The number of hydrogen-bond acceptors (Lipinski definition) is 4. The average molecular weight is 298 g/mol. The molecule has 114 valence electrons. The molecule has 2 N–H and O–H groups in total. The maximum atomic E-state index is 11.8. The number of amides is 1. The molecule has 2 aromatic heterocycles. The molecule has 0 radical (unpaired) electrons. The predicted octanol–water partition coefficient (Wildman–Crippen LogP) is 1.74. The summed E-state index contributed by atoms with van der Waals surface area (Å²) in [5, 5.41) is 16.2. The number of fused-ring (bicyclic) bond motifs is 1. The molecule has 22 heavy (non-hydrogen) atoms. The molecule has 7 heteroatoms. The fraction of sp³-hybridized carbons (Fsp3) is 0.333. The van der Waals surface area contributed by atoms with Gasteiger partial charge in [0.15, 0.2) is 0 Å². The molecule has 1 aromatic carbocycles. The number of H-pyrrole nitrogens is 1. The van der Waals surface area contributed by atoms with Crippen LogP contribution in [0.3, 0.4) is 0 Å². The second-order valence-electron chi connectivity index (χ2n) is 5.27. The van der Waals surface area contributed by atoms with Crippen LogP contribution in [0.4, 0.5) is 0 Å². The summed E-state index contributed by atoms with van der Waals surface area (Å²) in [6, 6.07) is 8.06. The Hall–Kier alpha value is -2.70. The Morgan fingerprint density at radius 1 is 1.41 bits per heavy atom.